The number of nitrogens with zero attached hydrogens (tertiary/aromatic N) is 2. The van der Waals surface area contributed by atoms with E-state index in [0.717, 1.165) is 5.56 Å². The molecule has 0 aliphatic carbocycles. The summed E-state index contributed by atoms with van der Waals surface area (Å²) < 4.78 is 1.32. The number of amides is 1. The number of aryl methyl sites for hydroxylation is 1. The summed E-state index contributed by atoms with van der Waals surface area (Å²) in [6, 6.07) is 9.51. The molecule has 0 fully saturated rings. The smallest absolute Gasteiger partial charge is 0.354 e. The number of aromatic nitrogens is 2. The number of hydrogen-bond acceptors (Lipinski definition) is 3. The molecular formula is C18H23N3O3. The zero-order valence-corrected chi connectivity index (χ0v) is 14.2. The first-order chi connectivity index (χ1) is 11.4. The largest absolute Gasteiger partial charge is 0.477 e. The number of carbonyl (C=O) groups is 2. The molecule has 0 spiro atoms. The third kappa shape index (κ3) is 4.44. The van der Waals surface area contributed by atoms with Gasteiger partial charge in [-0.2, -0.15) is 5.10 Å². The van der Waals surface area contributed by atoms with Gasteiger partial charge in [0.15, 0.2) is 0 Å². The summed E-state index contributed by atoms with van der Waals surface area (Å²) in [6.45, 7) is 6.44. The molecule has 128 valence electrons. The fourth-order valence-electron chi connectivity index (χ4n) is 2.47. The summed E-state index contributed by atoms with van der Waals surface area (Å²) in [5, 5.41) is 15.9. The number of carbonyl (C=O) groups excluding carboxylic acids is 1. The second-order valence-electron chi connectivity index (χ2n) is 6.11. The number of carboxylic acids is 1. The molecule has 1 unspecified atom stereocenters. The van der Waals surface area contributed by atoms with Crippen LogP contribution in [0.15, 0.2) is 36.5 Å². The molecule has 6 heteroatoms. The first kappa shape index (κ1) is 17.7. The number of aromatic carboxylic acids is 1. The highest BCUT2D eigenvalue weighted by atomic mass is 16.4. The Morgan fingerprint density at radius 1 is 1.12 bits per heavy atom. The van der Waals surface area contributed by atoms with Crippen molar-refractivity contribution in [1.29, 1.82) is 0 Å². The normalized spacial score (nSPS) is 12.2. The molecule has 6 nitrogen and oxygen atoms in total. The third-order valence-corrected chi connectivity index (χ3v) is 3.97. The van der Waals surface area contributed by atoms with E-state index in [-0.39, 0.29) is 30.6 Å². The Bertz CT molecular complexity index is 705. The second kappa shape index (κ2) is 7.77. The molecule has 0 aliphatic rings. The highest BCUT2D eigenvalue weighted by Crippen LogP contribution is 2.18. The molecule has 0 saturated carbocycles. The van der Waals surface area contributed by atoms with Crippen LogP contribution in [-0.4, -0.2) is 26.8 Å². The molecule has 2 N–H and O–H groups in total. The zero-order valence-electron chi connectivity index (χ0n) is 14.2. The summed E-state index contributed by atoms with van der Waals surface area (Å²) in [6.07, 6.45) is 1.59. The minimum absolute atomic E-state index is 0.0834. The van der Waals surface area contributed by atoms with Crippen LogP contribution in [0.2, 0.25) is 0 Å². The van der Waals surface area contributed by atoms with Gasteiger partial charge in [-0.3, -0.25) is 9.48 Å². The molecular weight excluding hydrogens is 306 g/mol. The van der Waals surface area contributed by atoms with Crippen molar-refractivity contribution in [3.63, 3.8) is 0 Å². The van der Waals surface area contributed by atoms with Crippen molar-refractivity contribution < 1.29 is 14.7 Å². The number of nitrogens with one attached hydrogen (secondary N) is 1. The van der Waals surface area contributed by atoms with Gasteiger partial charge in [0, 0.05) is 12.6 Å². The maximum Gasteiger partial charge on any atom is 0.354 e. The Morgan fingerprint density at radius 2 is 1.75 bits per heavy atom. The Kier molecular flexibility index (Phi) is 5.73. The lowest BCUT2D eigenvalue weighted by Crippen LogP contribution is -2.28. The standard InChI is InChI=1S/C18H23N3O3/c1-12(2)14-4-6-15(7-5-14)13(3)20-17(22)9-11-21-16(18(23)24)8-10-19-21/h4-8,10,12-13H,9,11H2,1-3H3,(H,20,22)(H,23,24). The van der Waals surface area contributed by atoms with Gasteiger partial charge in [0.05, 0.1) is 12.6 Å². The first-order valence-corrected chi connectivity index (χ1v) is 8.02. The molecule has 0 saturated heterocycles. The van der Waals surface area contributed by atoms with Gasteiger partial charge < -0.3 is 10.4 Å². The lowest BCUT2D eigenvalue weighted by atomic mass is 9.99. The van der Waals surface area contributed by atoms with Gasteiger partial charge in [-0.05, 0) is 30.0 Å². The minimum atomic E-state index is -1.05. The number of hydrogen-bond donors (Lipinski definition) is 2. The Morgan fingerprint density at radius 3 is 2.33 bits per heavy atom. The van der Waals surface area contributed by atoms with E-state index in [2.05, 4.69) is 36.4 Å². The van der Waals surface area contributed by atoms with E-state index in [1.54, 1.807) is 0 Å². The van der Waals surface area contributed by atoms with Crippen LogP contribution in [-0.2, 0) is 11.3 Å². The van der Waals surface area contributed by atoms with Gasteiger partial charge in [-0.15, -0.1) is 0 Å². The predicted molar refractivity (Wildman–Crippen MR) is 90.9 cm³/mol. The van der Waals surface area contributed by atoms with Gasteiger partial charge in [-0.1, -0.05) is 38.1 Å². The molecule has 0 radical (unpaired) electrons. The van der Waals surface area contributed by atoms with Crippen LogP contribution in [0.1, 0.15) is 60.8 Å². The van der Waals surface area contributed by atoms with E-state index >= 15 is 0 Å². The number of rotatable bonds is 7. The molecule has 0 aliphatic heterocycles. The summed E-state index contributed by atoms with van der Waals surface area (Å²) in [5.74, 6) is -0.713. The SMILES string of the molecule is CC(C)c1ccc(C(C)NC(=O)CCn2nccc2C(=O)O)cc1. The first-order valence-electron chi connectivity index (χ1n) is 8.02. The van der Waals surface area contributed by atoms with Gasteiger partial charge >= 0.3 is 5.97 Å². The predicted octanol–water partition coefficient (Wildman–Crippen LogP) is 2.97. The van der Waals surface area contributed by atoms with Crippen molar-refractivity contribution in [2.24, 2.45) is 0 Å². The topological polar surface area (TPSA) is 84.2 Å². The van der Waals surface area contributed by atoms with Crippen LogP contribution < -0.4 is 5.32 Å². The zero-order chi connectivity index (χ0) is 17.7. The van der Waals surface area contributed by atoms with Gasteiger partial charge in [0.2, 0.25) is 5.91 Å². The van der Waals surface area contributed by atoms with Crippen molar-refractivity contribution in [3.8, 4) is 0 Å². The average molecular weight is 329 g/mol. The van der Waals surface area contributed by atoms with Gasteiger partial charge in [0.25, 0.3) is 0 Å². The van der Waals surface area contributed by atoms with E-state index < -0.39 is 5.97 Å². The summed E-state index contributed by atoms with van der Waals surface area (Å²) in [5.41, 5.74) is 2.38. The van der Waals surface area contributed by atoms with Gasteiger partial charge in [-0.25, -0.2) is 4.79 Å². The second-order valence-corrected chi connectivity index (χ2v) is 6.11. The molecule has 1 amide bonds. The number of benzene rings is 1. The van der Waals surface area contributed by atoms with Crippen LogP contribution in [0.25, 0.3) is 0 Å². The number of carboxylic acid groups (broad SMARTS) is 1. The molecule has 24 heavy (non-hydrogen) atoms. The fourth-order valence-corrected chi connectivity index (χ4v) is 2.47. The fraction of sp³-hybridized carbons (Fsp3) is 0.389. The van der Waals surface area contributed by atoms with E-state index in [1.807, 2.05) is 19.1 Å². The van der Waals surface area contributed by atoms with Gasteiger partial charge in [0.1, 0.15) is 5.69 Å². The quantitative estimate of drug-likeness (QED) is 0.818. The molecule has 0 bridgehead atoms. The Labute approximate surface area is 141 Å². The van der Waals surface area contributed by atoms with Crippen molar-refractivity contribution in [2.45, 2.75) is 45.7 Å². The monoisotopic (exact) mass is 329 g/mol. The Balaban J connectivity index is 1.89. The lowest BCUT2D eigenvalue weighted by Gasteiger charge is -2.15. The van der Waals surface area contributed by atoms with Crippen LogP contribution in [0.4, 0.5) is 0 Å². The van der Waals surface area contributed by atoms with Crippen LogP contribution >= 0.6 is 0 Å². The van der Waals surface area contributed by atoms with E-state index in [9.17, 15) is 9.59 Å². The summed E-state index contributed by atoms with van der Waals surface area (Å²) >= 11 is 0. The summed E-state index contributed by atoms with van der Waals surface area (Å²) in [4.78, 5) is 23.1. The summed E-state index contributed by atoms with van der Waals surface area (Å²) in [7, 11) is 0. The molecule has 1 aromatic carbocycles. The van der Waals surface area contributed by atoms with E-state index in [4.69, 9.17) is 5.11 Å². The molecule has 1 heterocycles. The highest BCUT2D eigenvalue weighted by Gasteiger charge is 2.13. The van der Waals surface area contributed by atoms with Crippen molar-refractivity contribution in [3.05, 3.63) is 53.3 Å². The van der Waals surface area contributed by atoms with Crippen molar-refractivity contribution >= 4 is 11.9 Å². The maximum atomic E-state index is 12.1. The van der Waals surface area contributed by atoms with Crippen LogP contribution in [0.3, 0.4) is 0 Å². The third-order valence-electron chi connectivity index (χ3n) is 3.97. The Hall–Kier alpha value is -2.63. The molecule has 1 aromatic heterocycles. The van der Waals surface area contributed by atoms with Crippen molar-refractivity contribution in [2.75, 3.05) is 0 Å². The lowest BCUT2D eigenvalue weighted by molar-refractivity contribution is -0.122. The van der Waals surface area contributed by atoms with Crippen molar-refractivity contribution in [1.82, 2.24) is 15.1 Å². The molecule has 2 aromatic rings. The van der Waals surface area contributed by atoms with E-state index in [0.29, 0.717) is 5.92 Å². The highest BCUT2D eigenvalue weighted by molar-refractivity contribution is 5.85. The van der Waals surface area contributed by atoms with Crippen LogP contribution in [0.5, 0.6) is 0 Å². The molecule has 1 atom stereocenters. The maximum absolute atomic E-state index is 12.1. The molecule has 2 rings (SSSR count). The average Bonchev–Trinajstić information content (AvgIpc) is 3.01. The van der Waals surface area contributed by atoms with Crippen LogP contribution in [0, 0.1) is 0 Å². The van der Waals surface area contributed by atoms with E-state index in [1.165, 1.54) is 22.5 Å². The minimum Gasteiger partial charge on any atom is -0.477 e.